The number of nitrogens with zero attached hydrogens (tertiary/aromatic N) is 4. The Bertz CT molecular complexity index is 2520. The summed E-state index contributed by atoms with van der Waals surface area (Å²) in [6.07, 6.45) is 0. The van der Waals surface area contributed by atoms with Crippen LogP contribution < -0.4 is 4.74 Å². The minimum atomic E-state index is -4.79. The van der Waals surface area contributed by atoms with E-state index in [0.29, 0.717) is 27.5 Å². The molecule has 238 valence electrons. The van der Waals surface area contributed by atoms with Crippen LogP contribution in [0.15, 0.2) is 121 Å². The molecule has 0 aliphatic carbocycles. The normalized spacial score (nSPS) is 12.6. The van der Waals surface area contributed by atoms with Gasteiger partial charge in [-0.25, -0.2) is 0 Å². The second-order valence-corrected chi connectivity index (χ2v) is 13.0. The van der Waals surface area contributed by atoms with Crippen molar-refractivity contribution in [1.82, 2.24) is 0 Å². The van der Waals surface area contributed by atoms with Crippen molar-refractivity contribution >= 4 is 75.3 Å². The van der Waals surface area contributed by atoms with Gasteiger partial charge < -0.3 is 14.9 Å². The molecule has 6 aromatic carbocycles. The Morgan fingerprint density at radius 1 is 0.638 bits per heavy atom. The monoisotopic (exact) mass is 672 g/mol. The van der Waals surface area contributed by atoms with Gasteiger partial charge in [0.2, 0.25) is 0 Å². The summed E-state index contributed by atoms with van der Waals surface area (Å²) in [5.74, 6) is -0.776. The van der Waals surface area contributed by atoms with Gasteiger partial charge in [-0.2, -0.15) is 21.9 Å². The van der Waals surface area contributed by atoms with Crippen LogP contribution >= 0.6 is 0 Å². The van der Waals surface area contributed by atoms with Gasteiger partial charge in [-0.1, -0.05) is 54.6 Å². The molecule has 0 amide bonds. The van der Waals surface area contributed by atoms with Crippen LogP contribution in [0.2, 0.25) is 0 Å². The minimum Gasteiger partial charge on any atom is -0.507 e. The lowest BCUT2D eigenvalue weighted by atomic mass is 10.1. The minimum absolute atomic E-state index is 0.111. The average molecular weight is 673 g/mol. The summed E-state index contributed by atoms with van der Waals surface area (Å²) in [4.78, 5) is -0.847. The largest absolute Gasteiger partial charge is 0.507 e. The third-order valence-corrected chi connectivity index (χ3v) is 9.03. The third kappa shape index (κ3) is 6.07. The molecular weight excluding hydrogens is 649 g/mol. The Morgan fingerprint density at radius 2 is 1.32 bits per heavy atom. The van der Waals surface area contributed by atoms with E-state index < -0.39 is 36.6 Å². The Labute approximate surface area is 267 Å². The smallest absolute Gasteiger partial charge is 0.295 e. The summed E-state index contributed by atoms with van der Waals surface area (Å²) in [7, 11) is -9.28. The molecule has 0 aliphatic heterocycles. The van der Waals surface area contributed by atoms with E-state index in [0.717, 1.165) is 6.07 Å². The van der Waals surface area contributed by atoms with Gasteiger partial charge in [-0.15, -0.1) is 15.3 Å². The molecule has 0 spiro atoms. The van der Waals surface area contributed by atoms with E-state index >= 15 is 0 Å². The summed E-state index contributed by atoms with van der Waals surface area (Å²) in [5, 5.41) is 40.0. The van der Waals surface area contributed by atoms with Crippen LogP contribution in [0.25, 0.3) is 32.3 Å². The van der Waals surface area contributed by atoms with Crippen molar-refractivity contribution in [1.29, 1.82) is 0 Å². The molecule has 47 heavy (non-hydrogen) atoms. The van der Waals surface area contributed by atoms with Crippen LogP contribution in [0.1, 0.15) is 6.92 Å². The predicted octanol–water partition coefficient (Wildman–Crippen LogP) is 8.28. The maximum absolute atomic E-state index is 12.2. The lowest BCUT2D eigenvalue weighted by Crippen LogP contribution is -1.99. The van der Waals surface area contributed by atoms with Crippen LogP contribution in [0.3, 0.4) is 0 Å². The maximum atomic E-state index is 12.2. The summed E-state index contributed by atoms with van der Waals surface area (Å²) in [6, 6.07) is 22.7. The topological polar surface area (TPSA) is 208 Å². The SMILES string of the molecule is CCOc1cc(N=Nc2ccc3cccc(S(=O)(=O)O)c3c2)c2ccccc2c1N=Nc1cc(S(=O)(=O)O)c2cccc(O)c2c1O. The van der Waals surface area contributed by atoms with Gasteiger partial charge in [-0.3, -0.25) is 9.11 Å². The van der Waals surface area contributed by atoms with Gasteiger partial charge in [0.25, 0.3) is 20.2 Å². The number of hydrogen-bond acceptors (Lipinski definition) is 11. The fourth-order valence-electron chi connectivity index (χ4n) is 5.18. The number of ether oxygens (including phenoxy) is 1. The van der Waals surface area contributed by atoms with E-state index in [-0.39, 0.29) is 44.8 Å². The molecule has 0 aromatic heterocycles. The first-order valence-corrected chi connectivity index (χ1v) is 16.7. The van der Waals surface area contributed by atoms with Crippen LogP contribution in [0.5, 0.6) is 17.2 Å². The molecule has 0 unspecified atom stereocenters. The zero-order chi connectivity index (χ0) is 33.5. The number of benzene rings is 6. The number of rotatable bonds is 8. The molecule has 0 saturated heterocycles. The van der Waals surface area contributed by atoms with Gasteiger partial charge in [-0.05, 0) is 42.6 Å². The highest BCUT2D eigenvalue weighted by atomic mass is 32.2. The molecule has 13 nitrogen and oxygen atoms in total. The van der Waals surface area contributed by atoms with Gasteiger partial charge in [0, 0.05) is 27.6 Å². The Balaban J connectivity index is 1.48. The van der Waals surface area contributed by atoms with Crippen molar-refractivity contribution in [3.05, 3.63) is 91.0 Å². The molecular formula is C32H24N4O9S2. The standard InChI is InChI=1S/C32H24N4O9S2/c1-2-45-27-16-24(34-33-19-14-13-18-7-5-12-28(23(18)15-19)46(39,40)41)20-8-3-4-9-21(20)31(27)36-35-25-17-29(47(42,43)44)22-10-6-11-26(37)30(22)32(25)38/h3-17,37-38H,2H2,1H3,(H,39,40,41)(H,42,43,44). The number of fused-ring (bicyclic) bond motifs is 3. The van der Waals surface area contributed by atoms with E-state index in [1.807, 2.05) is 0 Å². The first-order valence-electron chi connectivity index (χ1n) is 13.8. The van der Waals surface area contributed by atoms with E-state index in [9.17, 15) is 36.2 Å². The molecule has 0 fully saturated rings. The maximum Gasteiger partial charge on any atom is 0.295 e. The Morgan fingerprint density at radius 3 is 2.04 bits per heavy atom. The number of phenolic OH excluding ortho intramolecular Hbond substituents is 2. The van der Waals surface area contributed by atoms with E-state index in [2.05, 4.69) is 20.5 Å². The zero-order valence-electron chi connectivity index (χ0n) is 24.3. The number of hydrogen-bond donors (Lipinski definition) is 4. The van der Waals surface area contributed by atoms with Crippen molar-refractivity contribution in [2.24, 2.45) is 20.5 Å². The van der Waals surface area contributed by atoms with Crippen molar-refractivity contribution in [3.63, 3.8) is 0 Å². The second kappa shape index (κ2) is 12.0. The highest BCUT2D eigenvalue weighted by Crippen LogP contribution is 2.46. The zero-order valence-corrected chi connectivity index (χ0v) is 25.9. The molecule has 0 atom stereocenters. The van der Waals surface area contributed by atoms with Crippen molar-refractivity contribution in [2.45, 2.75) is 16.7 Å². The van der Waals surface area contributed by atoms with Gasteiger partial charge in [0.15, 0.2) is 5.75 Å². The van der Waals surface area contributed by atoms with Crippen molar-refractivity contribution in [3.8, 4) is 17.2 Å². The van der Waals surface area contributed by atoms with Crippen LogP contribution in [0, 0.1) is 0 Å². The fourth-order valence-corrected chi connectivity index (χ4v) is 6.60. The highest BCUT2D eigenvalue weighted by Gasteiger charge is 2.22. The highest BCUT2D eigenvalue weighted by molar-refractivity contribution is 7.86. The number of aromatic hydroxyl groups is 2. The first kappa shape index (κ1) is 31.5. The summed E-state index contributed by atoms with van der Waals surface area (Å²) < 4.78 is 73.6. The lowest BCUT2D eigenvalue weighted by molar-refractivity contribution is 0.342. The molecule has 0 saturated carbocycles. The first-order chi connectivity index (χ1) is 22.4. The van der Waals surface area contributed by atoms with Crippen LogP contribution in [0.4, 0.5) is 22.7 Å². The predicted molar refractivity (Wildman–Crippen MR) is 174 cm³/mol. The quantitative estimate of drug-likeness (QED) is 0.0904. The molecule has 6 rings (SSSR count). The Kier molecular flexibility index (Phi) is 8.07. The molecule has 4 N–H and O–H groups in total. The van der Waals surface area contributed by atoms with Crippen molar-refractivity contribution in [2.75, 3.05) is 6.61 Å². The summed E-state index contributed by atoms with van der Waals surface area (Å²) in [6.45, 7) is 1.96. The van der Waals surface area contributed by atoms with E-state index in [1.165, 1.54) is 36.4 Å². The second-order valence-electron chi connectivity index (χ2n) is 10.2. The van der Waals surface area contributed by atoms with E-state index in [1.54, 1.807) is 55.5 Å². The lowest BCUT2D eigenvalue weighted by Gasteiger charge is -2.12. The molecule has 15 heteroatoms. The van der Waals surface area contributed by atoms with Crippen LogP contribution in [-0.4, -0.2) is 42.8 Å². The molecule has 6 aromatic rings. The molecule has 0 aliphatic rings. The summed E-state index contributed by atoms with van der Waals surface area (Å²) in [5.41, 5.74) is 0.528. The van der Waals surface area contributed by atoms with Crippen molar-refractivity contribution < 1.29 is 40.9 Å². The third-order valence-electron chi connectivity index (χ3n) is 7.23. The van der Waals surface area contributed by atoms with Gasteiger partial charge in [0.05, 0.1) is 23.4 Å². The Hall–Kier alpha value is -5.48. The van der Waals surface area contributed by atoms with Gasteiger partial charge >= 0.3 is 0 Å². The number of azo groups is 2. The van der Waals surface area contributed by atoms with E-state index in [4.69, 9.17) is 4.74 Å². The molecule has 0 heterocycles. The summed E-state index contributed by atoms with van der Waals surface area (Å²) >= 11 is 0. The molecule has 0 radical (unpaired) electrons. The molecule has 0 bridgehead atoms. The average Bonchev–Trinajstić information content (AvgIpc) is 3.02. The van der Waals surface area contributed by atoms with Gasteiger partial charge in [0.1, 0.15) is 32.7 Å². The fraction of sp³-hybridized carbons (Fsp3) is 0.0625. The number of phenols is 2. The van der Waals surface area contributed by atoms with Crippen LogP contribution in [-0.2, 0) is 20.2 Å².